The molecule has 0 bridgehead atoms. The van der Waals surface area contributed by atoms with Crippen molar-refractivity contribution in [3.8, 4) is 5.75 Å². The average molecular weight is 332 g/mol. The van der Waals surface area contributed by atoms with Crippen LogP contribution in [-0.2, 0) is 9.59 Å². The lowest BCUT2D eigenvalue weighted by Crippen LogP contribution is -2.39. The van der Waals surface area contributed by atoms with Gasteiger partial charge in [-0.25, -0.2) is 0 Å². The van der Waals surface area contributed by atoms with Crippen LogP contribution in [0.3, 0.4) is 0 Å². The van der Waals surface area contributed by atoms with Gasteiger partial charge in [0.05, 0.1) is 10.9 Å². The zero-order valence-corrected chi connectivity index (χ0v) is 12.9. The van der Waals surface area contributed by atoms with Gasteiger partial charge in [0, 0.05) is 18.1 Å². The molecule has 1 aliphatic rings. The number of hydrogen-bond donors (Lipinski definition) is 1. The van der Waals surface area contributed by atoms with E-state index >= 15 is 0 Å². The van der Waals surface area contributed by atoms with E-state index in [4.69, 9.17) is 33.0 Å². The number of carbonyl (C=O) groups excluding carboxylic acids is 1. The van der Waals surface area contributed by atoms with Gasteiger partial charge >= 0.3 is 5.97 Å². The topological polar surface area (TPSA) is 66.8 Å². The van der Waals surface area contributed by atoms with Gasteiger partial charge in [0.2, 0.25) is 0 Å². The molecule has 2 rings (SSSR count). The van der Waals surface area contributed by atoms with Gasteiger partial charge < -0.3 is 14.7 Å². The van der Waals surface area contributed by atoms with Gasteiger partial charge in [0.15, 0.2) is 6.10 Å². The molecule has 1 fully saturated rings. The Bertz CT molecular complexity index is 564. The van der Waals surface area contributed by atoms with Crippen molar-refractivity contribution < 1.29 is 19.4 Å². The van der Waals surface area contributed by atoms with E-state index in [1.165, 1.54) is 11.0 Å². The Morgan fingerprint density at radius 3 is 2.71 bits per heavy atom. The van der Waals surface area contributed by atoms with E-state index in [1.54, 1.807) is 19.1 Å². The Labute approximate surface area is 132 Å². The molecule has 0 aliphatic carbocycles. The smallest absolute Gasteiger partial charge is 0.308 e. The zero-order chi connectivity index (χ0) is 15.6. The number of aliphatic carboxylic acids is 1. The van der Waals surface area contributed by atoms with Crippen molar-refractivity contribution in [3.05, 3.63) is 28.2 Å². The number of rotatable bonds is 4. The highest BCUT2D eigenvalue weighted by atomic mass is 35.5. The van der Waals surface area contributed by atoms with E-state index in [-0.39, 0.29) is 12.5 Å². The standard InChI is InChI=1S/C14H15Cl2NO4/c1-8(21-12-3-2-10(15)6-11(12)16)13(18)17-5-4-9(7-17)14(19)20/h2-3,6,8-9H,4-5,7H2,1H3,(H,19,20). The number of carboxylic acids is 1. The summed E-state index contributed by atoms with van der Waals surface area (Å²) in [6.07, 6.45) is -0.272. The highest BCUT2D eigenvalue weighted by molar-refractivity contribution is 6.35. The van der Waals surface area contributed by atoms with E-state index in [9.17, 15) is 9.59 Å². The fourth-order valence-corrected chi connectivity index (χ4v) is 2.68. The van der Waals surface area contributed by atoms with E-state index in [0.717, 1.165) is 0 Å². The van der Waals surface area contributed by atoms with Gasteiger partial charge in [-0.3, -0.25) is 9.59 Å². The van der Waals surface area contributed by atoms with Gasteiger partial charge in [-0.1, -0.05) is 23.2 Å². The maximum absolute atomic E-state index is 12.2. The molecule has 0 aromatic heterocycles. The summed E-state index contributed by atoms with van der Waals surface area (Å²) in [5.74, 6) is -1.25. The molecule has 0 saturated carbocycles. The van der Waals surface area contributed by atoms with Crippen LogP contribution in [0.25, 0.3) is 0 Å². The molecular formula is C14H15Cl2NO4. The first-order valence-electron chi connectivity index (χ1n) is 6.51. The van der Waals surface area contributed by atoms with Gasteiger partial charge in [-0.15, -0.1) is 0 Å². The largest absolute Gasteiger partial charge is 0.481 e. The fourth-order valence-electron chi connectivity index (χ4n) is 2.23. The monoisotopic (exact) mass is 331 g/mol. The summed E-state index contributed by atoms with van der Waals surface area (Å²) in [5.41, 5.74) is 0. The highest BCUT2D eigenvalue weighted by Crippen LogP contribution is 2.29. The van der Waals surface area contributed by atoms with Crippen LogP contribution in [0, 0.1) is 5.92 Å². The van der Waals surface area contributed by atoms with Crippen LogP contribution in [0.15, 0.2) is 18.2 Å². The summed E-state index contributed by atoms with van der Waals surface area (Å²) in [5, 5.41) is 9.76. The van der Waals surface area contributed by atoms with Crippen LogP contribution in [-0.4, -0.2) is 41.1 Å². The van der Waals surface area contributed by atoms with Crippen molar-refractivity contribution in [2.45, 2.75) is 19.4 Å². The summed E-state index contributed by atoms with van der Waals surface area (Å²) < 4.78 is 5.54. The third-order valence-electron chi connectivity index (χ3n) is 3.39. The number of halogens is 2. The van der Waals surface area contributed by atoms with Crippen LogP contribution >= 0.6 is 23.2 Å². The molecule has 5 nitrogen and oxygen atoms in total. The molecule has 21 heavy (non-hydrogen) atoms. The zero-order valence-electron chi connectivity index (χ0n) is 11.4. The Hall–Kier alpha value is -1.46. The lowest BCUT2D eigenvalue weighted by molar-refractivity contribution is -0.142. The number of carboxylic acid groups (broad SMARTS) is 1. The minimum atomic E-state index is -0.875. The van der Waals surface area contributed by atoms with Crippen LogP contribution in [0.4, 0.5) is 0 Å². The number of benzene rings is 1. The average Bonchev–Trinajstić information content (AvgIpc) is 2.90. The van der Waals surface area contributed by atoms with E-state index in [2.05, 4.69) is 0 Å². The Kier molecular flexibility index (Phi) is 4.96. The summed E-state index contributed by atoms with van der Waals surface area (Å²) in [4.78, 5) is 24.7. The molecule has 1 saturated heterocycles. The van der Waals surface area contributed by atoms with Crippen molar-refractivity contribution in [2.75, 3.05) is 13.1 Å². The van der Waals surface area contributed by atoms with Crippen molar-refractivity contribution in [1.29, 1.82) is 0 Å². The van der Waals surface area contributed by atoms with Crippen LogP contribution in [0.2, 0.25) is 10.0 Å². The maximum atomic E-state index is 12.2. The van der Waals surface area contributed by atoms with Crippen molar-refractivity contribution >= 4 is 35.1 Å². The summed E-state index contributed by atoms with van der Waals surface area (Å²) in [7, 11) is 0. The van der Waals surface area contributed by atoms with E-state index < -0.39 is 18.0 Å². The number of nitrogens with zero attached hydrogens (tertiary/aromatic N) is 1. The molecule has 0 spiro atoms. The molecule has 1 aliphatic heterocycles. The van der Waals surface area contributed by atoms with Crippen molar-refractivity contribution in [1.82, 2.24) is 4.90 Å². The molecule has 0 radical (unpaired) electrons. The van der Waals surface area contributed by atoms with E-state index in [0.29, 0.717) is 28.8 Å². The summed E-state index contributed by atoms with van der Waals surface area (Å²) in [6, 6.07) is 4.75. The Balaban J connectivity index is 1.98. The van der Waals surface area contributed by atoms with Gasteiger partial charge in [0.25, 0.3) is 5.91 Å². The van der Waals surface area contributed by atoms with Gasteiger partial charge in [-0.2, -0.15) is 0 Å². The lowest BCUT2D eigenvalue weighted by atomic mass is 10.1. The number of carbonyl (C=O) groups is 2. The second kappa shape index (κ2) is 6.54. The fraction of sp³-hybridized carbons (Fsp3) is 0.429. The molecule has 1 aromatic carbocycles. The molecule has 2 unspecified atom stereocenters. The molecule has 114 valence electrons. The predicted molar refractivity (Wildman–Crippen MR) is 78.9 cm³/mol. The molecule has 7 heteroatoms. The van der Waals surface area contributed by atoms with Crippen LogP contribution in [0.5, 0.6) is 5.75 Å². The Morgan fingerprint density at radius 1 is 1.43 bits per heavy atom. The minimum Gasteiger partial charge on any atom is -0.481 e. The maximum Gasteiger partial charge on any atom is 0.308 e. The molecule has 1 N–H and O–H groups in total. The molecule has 1 amide bonds. The Morgan fingerprint density at radius 2 is 2.14 bits per heavy atom. The molecular weight excluding hydrogens is 317 g/mol. The predicted octanol–water partition coefficient (Wildman–Crippen LogP) is 2.69. The van der Waals surface area contributed by atoms with Crippen molar-refractivity contribution in [3.63, 3.8) is 0 Å². The number of hydrogen-bond acceptors (Lipinski definition) is 3. The third-order valence-corrected chi connectivity index (χ3v) is 3.93. The van der Waals surface area contributed by atoms with Gasteiger partial charge in [-0.05, 0) is 31.5 Å². The molecule has 1 aromatic rings. The number of amides is 1. The number of likely N-dealkylation sites (tertiary alicyclic amines) is 1. The second-order valence-electron chi connectivity index (χ2n) is 4.94. The van der Waals surface area contributed by atoms with Crippen LogP contribution < -0.4 is 4.74 Å². The quantitative estimate of drug-likeness (QED) is 0.921. The molecule has 1 heterocycles. The van der Waals surface area contributed by atoms with Crippen molar-refractivity contribution in [2.24, 2.45) is 5.92 Å². The van der Waals surface area contributed by atoms with Crippen LogP contribution in [0.1, 0.15) is 13.3 Å². The minimum absolute atomic E-state index is 0.218. The first-order chi connectivity index (χ1) is 9.88. The highest BCUT2D eigenvalue weighted by Gasteiger charge is 2.33. The van der Waals surface area contributed by atoms with Gasteiger partial charge in [0.1, 0.15) is 5.75 Å². The van der Waals surface area contributed by atoms with E-state index in [1.807, 2.05) is 0 Å². The second-order valence-corrected chi connectivity index (χ2v) is 5.79. The summed E-state index contributed by atoms with van der Waals surface area (Å²) >= 11 is 11.8. The molecule has 2 atom stereocenters. The lowest BCUT2D eigenvalue weighted by Gasteiger charge is -2.22. The SMILES string of the molecule is CC(Oc1ccc(Cl)cc1Cl)C(=O)N1CCC(C(=O)O)C1. The number of ether oxygens (including phenoxy) is 1. The summed E-state index contributed by atoms with van der Waals surface area (Å²) in [6.45, 7) is 2.26. The first kappa shape index (κ1) is 15.9. The first-order valence-corrected chi connectivity index (χ1v) is 7.27. The normalized spacial score (nSPS) is 19.4. The third kappa shape index (κ3) is 3.80.